The number of carbonyl (C=O) groups excluding carboxylic acids is 7. The van der Waals surface area contributed by atoms with Crippen LogP contribution < -0.4 is 26.6 Å². The van der Waals surface area contributed by atoms with Crippen molar-refractivity contribution in [2.45, 2.75) is 129 Å². The number of ketones is 1. The first-order valence-corrected chi connectivity index (χ1v) is 19.0. The molecule has 0 bridgehead atoms. The van der Waals surface area contributed by atoms with Crippen molar-refractivity contribution < 1.29 is 38.3 Å². The fourth-order valence-corrected chi connectivity index (χ4v) is 7.01. The molecule has 0 spiro atoms. The Morgan fingerprint density at radius 1 is 0.887 bits per heavy atom. The van der Waals surface area contributed by atoms with E-state index in [0.29, 0.717) is 24.9 Å². The van der Waals surface area contributed by atoms with Gasteiger partial charge >= 0.3 is 6.09 Å². The molecule has 3 rings (SSSR count). The third kappa shape index (κ3) is 13.1. The van der Waals surface area contributed by atoms with E-state index in [0.717, 1.165) is 32.1 Å². The van der Waals surface area contributed by atoms with Crippen molar-refractivity contribution in [3.8, 4) is 0 Å². The number of alkyl carbamates (subject to hydrolysis) is 1. The van der Waals surface area contributed by atoms with E-state index in [1.807, 2.05) is 26.8 Å². The molecule has 1 aromatic carbocycles. The molecular weight excluding hydrogens is 680 g/mol. The largest absolute Gasteiger partial charge is 0.444 e. The zero-order valence-electron chi connectivity index (χ0n) is 32.4. The van der Waals surface area contributed by atoms with E-state index in [9.17, 15) is 33.6 Å². The first-order chi connectivity index (χ1) is 25.0. The molecule has 1 saturated carbocycles. The molecule has 14 nitrogen and oxygen atoms in total. The summed E-state index contributed by atoms with van der Waals surface area (Å²) < 4.78 is 5.51. The first kappa shape index (κ1) is 42.9. The second-order valence-electron chi connectivity index (χ2n) is 15.6. The van der Waals surface area contributed by atoms with Gasteiger partial charge in [0, 0.05) is 13.6 Å². The van der Waals surface area contributed by atoms with Gasteiger partial charge in [-0.05, 0) is 69.8 Å². The average molecular weight is 741 g/mol. The summed E-state index contributed by atoms with van der Waals surface area (Å²) in [7, 11) is 1.49. The second-order valence-corrected chi connectivity index (χ2v) is 15.6. The molecule has 1 saturated heterocycles. The Bertz CT molecular complexity index is 1440. The van der Waals surface area contributed by atoms with Crippen molar-refractivity contribution in [1.82, 2.24) is 31.5 Å². The number of Topliss-reactive ketones (excluding diaryl/α,β-unsaturated/α-hetero) is 1. The molecule has 14 heteroatoms. The normalized spacial score (nSPS) is 19.4. The van der Waals surface area contributed by atoms with Gasteiger partial charge in [-0.1, -0.05) is 76.8 Å². The van der Waals surface area contributed by atoms with Gasteiger partial charge in [0.25, 0.3) is 5.91 Å². The van der Waals surface area contributed by atoms with Crippen molar-refractivity contribution in [1.29, 1.82) is 0 Å². The molecule has 1 heterocycles. The fraction of sp³-hybridized carbons (Fsp3) is 0.667. The first-order valence-electron chi connectivity index (χ1n) is 19.0. The van der Waals surface area contributed by atoms with Crippen LogP contribution in [0.2, 0.25) is 0 Å². The molecule has 0 aromatic heterocycles. The predicted molar refractivity (Wildman–Crippen MR) is 199 cm³/mol. The summed E-state index contributed by atoms with van der Waals surface area (Å²) in [6.45, 7) is 10.9. The van der Waals surface area contributed by atoms with E-state index < -0.39 is 65.9 Å². The average Bonchev–Trinajstić information content (AvgIpc) is 3.58. The van der Waals surface area contributed by atoms with Crippen LogP contribution in [0.3, 0.4) is 0 Å². The van der Waals surface area contributed by atoms with Gasteiger partial charge in [-0.15, -0.1) is 0 Å². The number of amides is 6. The molecule has 1 aromatic rings. The summed E-state index contributed by atoms with van der Waals surface area (Å²) in [6, 6.07) is 5.25. The van der Waals surface area contributed by atoms with Gasteiger partial charge in [0.2, 0.25) is 29.4 Å². The lowest BCUT2D eigenvalue weighted by Crippen LogP contribution is -2.58. The number of ether oxygens (including phenoxy) is 1. The molecule has 6 amide bonds. The maximum Gasteiger partial charge on any atom is 0.408 e. The number of hydrogen-bond donors (Lipinski definition) is 5. The zero-order chi connectivity index (χ0) is 39.3. The van der Waals surface area contributed by atoms with E-state index in [1.54, 1.807) is 45.0 Å². The van der Waals surface area contributed by atoms with Crippen LogP contribution in [-0.2, 0) is 33.5 Å². The Morgan fingerprint density at radius 3 is 2.13 bits per heavy atom. The number of hydrogen-bond acceptors (Lipinski definition) is 8. The highest BCUT2D eigenvalue weighted by molar-refractivity contribution is 6.38. The van der Waals surface area contributed by atoms with E-state index in [1.165, 1.54) is 11.9 Å². The van der Waals surface area contributed by atoms with Gasteiger partial charge in [0.1, 0.15) is 17.7 Å². The highest BCUT2D eigenvalue weighted by Crippen LogP contribution is 2.33. The minimum Gasteiger partial charge on any atom is -0.444 e. The summed E-state index contributed by atoms with van der Waals surface area (Å²) in [6.07, 6.45) is 4.67. The Labute approximate surface area is 313 Å². The summed E-state index contributed by atoms with van der Waals surface area (Å²) in [4.78, 5) is 94.2. The number of likely N-dealkylation sites (tertiary alicyclic amines) is 1. The molecule has 5 atom stereocenters. The lowest BCUT2D eigenvalue weighted by Gasteiger charge is -2.35. The highest BCUT2D eigenvalue weighted by Gasteiger charge is 2.45. The van der Waals surface area contributed by atoms with E-state index in [-0.39, 0.29) is 42.4 Å². The quantitative estimate of drug-likeness (QED) is 0.160. The molecule has 1 aliphatic heterocycles. The molecule has 5 N–H and O–H groups in total. The van der Waals surface area contributed by atoms with Crippen LogP contribution in [0.5, 0.6) is 0 Å². The van der Waals surface area contributed by atoms with Crippen molar-refractivity contribution in [3.63, 3.8) is 0 Å². The molecule has 0 unspecified atom stereocenters. The maximum absolute atomic E-state index is 14.4. The van der Waals surface area contributed by atoms with Crippen LogP contribution in [0, 0.1) is 17.8 Å². The van der Waals surface area contributed by atoms with Crippen molar-refractivity contribution in [3.05, 3.63) is 35.9 Å². The van der Waals surface area contributed by atoms with Crippen LogP contribution in [0.25, 0.3) is 0 Å². The van der Waals surface area contributed by atoms with Gasteiger partial charge in [0.15, 0.2) is 0 Å². The van der Waals surface area contributed by atoms with Crippen LogP contribution in [0.4, 0.5) is 4.79 Å². The Kier molecular flexibility index (Phi) is 16.3. The van der Waals surface area contributed by atoms with Crippen molar-refractivity contribution in [2.24, 2.45) is 17.8 Å². The summed E-state index contributed by atoms with van der Waals surface area (Å²) in [5, 5.41) is 13.2. The molecule has 2 fully saturated rings. The summed E-state index contributed by atoms with van der Waals surface area (Å²) >= 11 is 0. The zero-order valence-corrected chi connectivity index (χ0v) is 32.4. The molecule has 2 aliphatic rings. The summed E-state index contributed by atoms with van der Waals surface area (Å²) in [5.41, 5.74) is -0.0699. The van der Waals surface area contributed by atoms with E-state index in [4.69, 9.17) is 4.74 Å². The second kappa shape index (κ2) is 20.1. The maximum atomic E-state index is 14.4. The minimum atomic E-state index is -1.19. The van der Waals surface area contributed by atoms with Gasteiger partial charge in [0.05, 0.1) is 25.0 Å². The van der Waals surface area contributed by atoms with Crippen LogP contribution in [0.1, 0.15) is 111 Å². The van der Waals surface area contributed by atoms with Crippen molar-refractivity contribution >= 4 is 41.4 Å². The molecular formula is C39H60N6O8. The SMILES string of the molecule is CCC[C@H](NC(=O)[C@@H]1C[C@@H](C(C)C)CN1C(=O)[C@@H](NC(=O)OC(C)(C)C)C1CCCCC1)C(=O)C(=O)NCC(=O)N[C@H](CC(=O)NC)c1ccccc1. The Balaban J connectivity index is 1.73. The topological polar surface area (TPSA) is 192 Å². The standard InChI is InChI=1S/C39H60N6O8/c1-8-15-28(34(48)36(50)41-22-32(47)42-29(21-31(46)40-7)25-16-11-9-12-17-25)43-35(49)30-20-27(24(2)3)23-45(30)37(51)33(26-18-13-10-14-19-26)44-38(52)53-39(4,5)6/h9,11-12,16-17,24,26-30,33H,8,10,13-15,18-23H2,1-7H3,(H,40,46)(H,41,50)(H,42,47)(H,43,49)(H,44,52)/t27-,28+,29-,30+,33+/m1/s1. The predicted octanol–water partition coefficient (Wildman–Crippen LogP) is 3.30. The molecule has 53 heavy (non-hydrogen) atoms. The number of rotatable bonds is 16. The smallest absolute Gasteiger partial charge is 0.408 e. The third-order valence-electron chi connectivity index (χ3n) is 9.97. The molecule has 0 radical (unpaired) electrons. The number of benzene rings is 1. The third-order valence-corrected chi connectivity index (χ3v) is 9.97. The Hall–Kier alpha value is -4.49. The number of nitrogens with zero attached hydrogens (tertiary/aromatic N) is 1. The fourth-order valence-electron chi connectivity index (χ4n) is 7.01. The van der Waals surface area contributed by atoms with Gasteiger partial charge in [-0.25, -0.2) is 4.79 Å². The highest BCUT2D eigenvalue weighted by atomic mass is 16.6. The van der Waals surface area contributed by atoms with Gasteiger partial charge in [-0.2, -0.15) is 0 Å². The lowest BCUT2D eigenvalue weighted by atomic mass is 9.83. The lowest BCUT2D eigenvalue weighted by molar-refractivity contribution is -0.143. The van der Waals surface area contributed by atoms with E-state index >= 15 is 0 Å². The summed E-state index contributed by atoms with van der Waals surface area (Å²) in [5.74, 6) is -3.74. The number of carbonyl (C=O) groups is 7. The molecule has 294 valence electrons. The van der Waals surface area contributed by atoms with Gasteiger partial charge in [-0.3, -0.25) is 28.8 Å². The monoisotopic (exact) mass is 740 g/mol. The van der Waals surface area contributed by atoms with Crippen molar-refractivity contribution in [2.75, 3.05) is 20.1 Å². The minimum absolute atomic E-state index is 0.00603. The van der Waals surface area contributed by atoms with E-state index in [2.05, 4.69) is 26.6 Å². The molecule has 1 aliphatic carbocycles. The van der Waals surface area contributed by atoms with Gasteiger partial charge < -0.3 is 36.2 Å². The van der Waals surface area contributed by atoms with Crippen LogP contribution >= 0.6 is 0 Å². The Morgan fingerprint density at radius 2 is 1.55 bits per heavy atom. The van der Waals surface area contributed by atoms with Crippen LogP contribution in [0.15, 0.2) is 30.3 Å². The number of nitrogens with one attached hydrogen (secondary N) is 5. The van der Waals surface area contributed by atoms with Crippen LogP contribution in [-0.4, -0.2) is 90.2 Å².